The molecule has 1 aromatic rings. The summed E-state index contributed by atoms with van der Waals surface area (Å²) >= 11 is 5.99. The first kappa shape index (κ1) is 13.4. The summed E-state index contributed by atoms with van der Waals surface area (Å²) in [4.78, 5) is 2.42. The van der Waals surface area contributed by atoms with Crippen LogP contribution < -0.4 is 10.1 Å². The maximum atomic E-state index is 5.99. The van der Waals surface area contributed by atoms with E-state index in [0.29, 0.717) is 0 Å². The fraction of sp³-hybridized carbons (Fsp3) is 0.429. The second kappa shape index (κ2) is 6.78. The van der Waals surface area contributed by atoms with Crippen molar-refractivity contribution in [1.82, 2.24) is 10.2 Å². The van der Waals surface area contributed by atoms with Crippen LogP contribution in [0.2, 0.25) is 5.02 Å². The highest BCUT2D eigenvalue weighted by molar-refractivity contribution is 6.30. The van der Waals surface area contributed by atoms with Crippen LogP contribution in [0.3, 0.4) is 0 Å². The highest BCUT2D eigenvalue weighted by Crippen LogP contribution is 2.23. The van der Waals surface area contributed by atoms with E-state index in [1.54, 1.807) is 7.11 Å². The van der Waals surface area contributed by atoms with Gasteiger partial charge in [0.2, 0.25) is 0 Å². The highest BCUT2D eigenvalue weighted by Gasteiger charge is 2.07. The Morgan fingerprint density at radius 3 is 2.89 bits per heavy atom. The molecule has 1 saturated heterocycles. The standard InChI is InChI=1S/C14H19ClN2O/c1-18-14-5-4-13(15)11-12(14)3-2-8-17-9-6-16-7-10-17/h2-5,11,16H,6-10H2,1H3/b3-2+. The fourth-order valence-electron chi connectivity index (χ4n) is 2.06. The topological polar surface area (TPSA) is 24.5 Å². The molecule has 0 saturated carbocycles. The van der Waals surface area contributed by atoms with Gasteiger partial charge in [0.25, 0.3) is 0 Å². The number of hydrogen-bond acceptors (Lipinski definition) is 3. The molecule has 0 aromatic heterocycles. The van der Waals surface area contributed by atoms with Gasteiger partial charge in [-0.25, -0.2) is 0 Å². The smallest absolute Gasteiger partial charge is 0.126 e. The zero-order valence-electron chi connectivity index (χ0n) is 10.7. The zero-order valence-corrected chi connectivity index (χ0v) is 11.4. The number of hydrogen-bond donors (Lipinski definition) is 1. The van der Waals surface area contributed by atoms with Gasteiger partial charge in [0.15, 0.2) is 0 Å². The number of piperazine rings is 1. The van der Waals surface area contributed by atoms with E-state index < -0.39 is 0 Å². The lowest BCUT2D eigenvalue weighted by atomic mass is 10.2. The van der Waals surface area contributed by atoms with Crippen LogP contribution in [0.25, 0.3) is 6.08 Å². The van der Waals surface area contributed by atoms with Crippen molar-refractivity contribution in [1.29, 1.82) is 0 Å². The molecule has 0 amide bonds. The molecule has 3 nitrogen and oxygen atoms in total. The predicted molar refractivity (Wildman–Crippen MR) is 76.3 cm³/mol. The number of methoxy groups -OCH3 is 1. The average Bonchev–Trinajstić information content (AvgIpc) is 2.40. The Morgan fingerprint density at radius 1 is 1.39 bits per heavy atom. The molecule has 1 aromatic carbocycles. The summed E-state index contributed by atoms with van der Waals surface area (Å²) in [5, 5.41) is 4.08. The van der Waals surface area contributed by atoms with Crippen molar-refractivity contribution in [3.63, 3.8) is 0 Å². The first-order valence-corrected chi connectivity index (χ1v) is 6.60. The Kier molecular flexibility index (Phi) is 5.05. The van der Waals surface area contributed by atoms with Crippen molar-refractivity contribution in [2.45, 2.75) is 0 Å². The van der Waals surface area contributed by atoms with Crippen LogP contribution >= 0.6 is 11.6 Å². The first-order valence-electron chi connectivity index (χ1n) is 6.23. The van der Waals surface area contributed by atoms with Crippen LogP contribution in [0.4, 0.5) is 0 Å². The molecule has 98 valence electrons. The number of nitrogens with one attached hydrogen (secondary N) is 1. The fourth-order valence-corrected chi connectivity index (χ4v) is 2.24. The monoisotopic (exact) mass is 266 g/mol. The van der Waals surface area contributed by atoms with E-state index in [9.17, 15) is 0 Å². The van der Waals surface area contributed by atoms with Crippen molar-refractivity contribution >= 4 is 17.7 Å². The van der Waals surface area contributed by atoms with Gasteiger partial charge >= 0.3 is 0 Å². The van der Waals surface area contributed by atoms with Crippen LogP contribution in [0.5, 0.6) is 5.75 Å². The predicted octanol–water partition coefficient (Wildman–Crippen LogP) is 2.27. The molecule has 0 aliphatic carbocycles. The molecule has 0 bridgehead atoms. The van der Waals surface area contributed by atoms with Gasteiger partial charge in [-0.05, 0) is 18.2 Å². The van der Waals surface area contributed by atoms with Crippen LogP contribution in [-0.2, 0) is 0 Å². The highest BCUT2D eigenvalue weighted by atomic mass is 35.5. The first-order chi connectivity index (χ1) is 8.79. The quantitative estimate of drug-likeness (QED) is 0.905. The molecule has 4 heteroatoms. The van der Waals surface area contributed by atoms with E-state index in [0.717, 1.165) is 49.1 Å². The third kappa shape index (κ3) is 3.73. The molecule has 2 rings (SSSR count). The van der Waals surface area contributed by atoms with Crippen LogP contribution in [-0.4, -0.2) is 44.7 Å². The molecule has 1 fully saturated rings. The lowest BCUT2D eigenvalue weighted by Gasteiger charge is -2.25. The van der Waals surface area contributed by atoms with E-state index in [-0.39, 0.29) is 0 Å². The second-order valence-electron chi connectivity index (χ2n) is 4.34. The molecular weight excluding hydrogens is 248 g/mol. The summed E-state index contributed by atoms with van der Waals surface area (Å²) in [6.45, 7) is 5.34. The van der Waals surface area contributed by atoms with Gasteiger partial charge in [-0.3, -0.25) is 4.90 Å². The normalized spacial score (nSPS) is 17.2. The third-order valence-electron chi connectivity index (χ3n) is 3.06. The van der Waals surface area contributed by atoms with Crippen LogP contribution in [0.1, 0.15) is 5.56 Å². The number of benzene rings is 1. The van der Waals surface area contributed by atoms with E-state index in [4.69, 9.17) is 16.3 Å². The molecule has 0 atom stereocenters. The Labute approximate surface area is 113 Å². The van der Waals surface area contributed by atoms with Gasteiger partial charge in [0.1, 0.15) is 5.75 Å². The number of nitrogens with zero attached hydrogens (tertiary/aromatic N) is 1. The van der Waals surface area contributed by atoms with E-state index in [1.165, 1.54) is 0 Å². The lowest BCUT2D eigenvalue weighted by molar-refractivity contribution is 0.265. The lowest BCUT2D eigenvalue weighted by Crippen LogP contribution is -2.43. The minimum absolute atomic E-state index is 0.734. The SMILES string of the molecule is COc1ccc(Cl)cc1/C=C/CN1CCNCC1. The summed E-state index contributed by atoms with van der Waals surface area (Å²) < 4.78 is 5.31. The molecule has 0 unspecified atom stereocenters. The molecular formula is C14H19ClN2O. The minimum atomic E-state index is 0.734. The Balaban J connectivity index is 1.97. The summed E-state index contributed by atoms with van der Waals surface area (Å²) in [6.07, 6.45) is 4.24. The molecule has 1 aliphatic rings. The Bertz CT molecular complexity index is 414. The van der Waals surface area contributed by atoms with Crippen LogP contribution in [0, 0.1) is 0 Å². The minimum Gasteiger partial charge on any atom is -0.496 e. The van der Waals surface area contributed by atoms with E-state index in [1.807, 2.05) is 18.2 Å². The molecule has 0 radical (unpaired) electrons. The van der Waals surface area contributed by atoms with Crippen molar-refractivity contribution in [3.8, 4) is 5.75 Å². The van der Waals surface area contributed by atoms with Gasteiger partial charge < -0.3 is 10.1 Å². The van der Waals surface area contributed by atoms with Gasteiger partial charge in [-0.1, -0.05) is 23.8 Å². The van der Waals surface area contributed by atoms with Crippen molar-refractivity contribution in [3.05, 3.63) is 34.9 Å². The van der Waals surface area contributed by atoms with Gasteiger partial charge in [0.05, 0.1) is 7.11 Å². The van der Waals surface area contributed by atoms with Gasteiger partial charge in [-0.2, -0.15) is 0 Å². The van der Waals surface area contributed by atoms with Crippen molar-refractivity contribution in [2.24, 2.45) is 0 Å². The number of rotatable bonds is 4. The molecule has 1 N–H and O–H groups in total. The second-order valence-corrected chi connectivity index (χ2v) is 4.78. The average molecular weight is 267 g/mol. The Morgan fingerprint density at radius 2 is 2.17 bits per heavy atom. The summed E-state index contributed by atoms with van der Waals surface area (Å²) in [5.41, 5.74) is 1.03. The number of halogens is 1. The summed E-state index contributed by atoms with van der Waals surface area (Å²) in [6, 6.07) is 5.66. The van der Waals surface area contributed by atoms with Gasteiger partial charge in [0, 0.05) is 43.3 Å². The molecule has 1 aliphatic heterocycles. The molecule has 18 heavy (non-hydrogen) atoms. The zero-order chi connectivity index (χ0) is 12.8. The molecule has 1 heterocycles. The van der Waals surface area contributed by atoms with E-state index in [2.05, 4.69) is 22.4 Å². The summed E-state index contributed by atoms with van der Waals surface area (Å²) in [5.74, 6) is 0.857. The summed E-state index contributed by atoms with van der Waals surface area (Å²) in [7, 11) is 1.68. The maximum Gasteiger partial charge on any atom is 0.126 e. The Hall–Kier alpha value is -1.03. The maximum absolute atomic E-state index is 5.99. The largest absolute Gasteiger partial charge is 0.496 e. The number of ether oxygens (including phenoxy) is 1. The third-order valence-corrected chi connectivity index (χ3v) is 3.30. The van der Waals surface area contributed by atoms with Crippen LogP contribution in [0.15, 0.2) is 24.3 Å². The molecule has 0 spiro atoms. The van der Waals surface area contributed by atoms with Crippen molar-refractivity contribution < 1.29 is 4.74 Å². The van der Waals surface area contributed by atoms with E-state index >= 15 is 0 Å². The van der Waals surface area contributed by atoms with Gasteiger partial charge in [-0.15, -0.1) is 0 Å². The van der Waals surface area contributed by atoms with Crippen molar-refractivity contribution in [2.75, 3.05) is 39.8 Å².